The maximum atomic E-state index is 12.4. The first-order valence-corrected chi connectivity index (χ1v) is 7.91. The van der Waals surface area contributed by atoms with Crippen molar-refractivity contribution < 1.29 is 4.79 Å². The van der Waals surface area contributed by atoms with E-state index < -0.39 is 0 Å². The first-order valence-electron chi connectivity index (χ1n) is 6.74. The number of nitrogens with two attached hydrogens (primary N) is 1. The lowest BCUT2D eigenvalue weighted by Gasteiger charge is -2.47. The van der Waals surface area contributed by atoms with Gasteiger partial charge < -0.3 is 10.6 Å². The summed E-state index contributed by atoms with van der Waals surface area (Å²) in [6.07, 6.45) is 1.19. The van der Waals surface area contributed by atoms with Crippen molar-refractivity contribution in [1.82, 2.24) is 4.90 Å². The molecule has 20 heavy (non-hydrogen) atoms. The molecule has 2 unspecified atom stereocenters. The van der Waals surface area contributed by atoms with Gasteiger partial charge >= 0.3 is 0 Å². The number of rotatable bonds is 1. The predicted octanol–water partition coefficient (Wildman–Crippen LogP) is 3.89. The third kappa shape index (κ3) is 3.02. The molecule has 0 radical (unpaired) electrons. The Kier molecular flexibility index (Phi) is 4.47. The largest absolute Gasteiger partial charge is 0.329 e. The molecule has 0 aromatic heterocycles. The molecule has 3 nitrogen and oxygen atoms in total. The van der Waals surface area contributed by atoms with Crippen LogP contribution < -0.4 is 5.73 Å². The smallest absolute Gasteiger partial charge is 0.223 e. The number of halogens is 2. The summed E-state index contributed by atoms with van der Waals surface area (Å²) in [4.78, 5) is 14.3. The van der Waals surface area contributed by atoms with E-state index in [1.807, 2.05) is 43.9 Å². The van der Waals surface area contributed by atoms with Gasteiger partial charge in [0, 0.05) is 27.5 Å². The van der Waals surface area contributed by atoms with Gasteiger partial charge in [0.05, 0.1) is 6.04 Å². The Hall–Kier alpha value is -0.580. The first-order chi connectivity index (χ1) is 9.21. The molecule has 2 atom stereocenters. The predicted molar refractivity (Wildman–Crippen MR) is 85.7 cm³/mol. The second-order valence-corrected chi connectivity index (χ2v) is 7.57. The van der Waals surface area contributed by atoms with E-state index in [0.717, 1.165) is 10.0 Å². The second kappa shape index (κ2) is 5.66. The number of piperidine rings is 1. The number of carbonyl (C=O) groups is 1. The third-order valence-electron chi connectivity index (χ3n) is 3.64. The van der Waals surface area contributed by atoms with Crippen molar-refractivity contribution in [1.29, 1.82) is 0 Å². The Labute approximate surface area is 133 Å². The van der Waals surface area contributed by atoms with E-state index in [-0.39, 0.29) is 23.5 Å². The summed E-state index contributed by atoms with van der Waals surface area (Å²) in [6.45, 7) is 6.09. The van der Waals surface area contributed by atoms with Crippen LogP contribution in [0.2, 0.25) is 5.02 Å². The van der Waals surface area contributed by atoms with Gasteiger partial charge in [0.25, 0.3) is 0 Å². The van der Waals surface area contributed by atoms with Crippen LogP contribution in [-0.2, 0) is 4.79 Å². The fourth-order valence-electron chi connectivity index (χ4n) is 2.82. The lowest BCUT2D eigenvalue weighted by atomic mass is 9.86. The standard InChI is InChI=1S/C15H20BrClN2O/c1-15(2,3)19-13(20)7-6-12(18)14(19)10-8-9(16)4-5-11(10)17/h4-5,8,12,14H,6-7,18H2,1-3H3. The zero-order valence-electron chi connectivity index (χ0n) is 12.0. The molecular weight excluding hydrogens is 340 g/mol. The summed E-state index contributed by atoms with van der Waals surface area (Å²) < 4.78 is 0.941. The van der Waals surface area contributed by atoms with Crippen molar-refractivity contribution in [3.63, 3.8) is 0 Å². The molecule has 2 rings (SSSR count). The molecule has 1 aromatic rings. The average molecular weight is 360 g/mol. The maximum Gasteiger partial charge on any atom is 0.223 e. The molecule has 0 bridgehead atoms. The quantitative estimate of drug-likeness (QED) is 0.827. The van der Waals surface area contributed by atoms with Crippen molar-refractivity contribution in [3.8, 4) is 0 Å². The second-order valence-electron chi connectivity index (χ2n) is 6.25. The Balaban J connectivity index is 2.53. The summed E-state index contributed by atoms with van der Waals surface area (Å²) in [6, 6.07) is 5.42. The van der Waals surface area contributed by atoms with E-state index in [1.165, 1.54) is 0 Å². The Morgan fingerprint density at radius 1 is 1.40 bits per heavy atom. The van der Waals surface area contributed by atoms with Gasteiger partial charge in [-0.1, -0.05) is 27.5 Å². The van der Waals surface area contributed by atoms with Crippen LogP contribution in [0.15, 0.2) is 22.7 Å². The van der Waals surface area contributed by atoms with Crippen molar-refractivity contribution in [2.75, 3.05) is 0 Å². The normalized spacial score (nSPS) is 24.1. The monoisotopic (exact) mass is 358 g/mol. The zero-order valence-corrected chi connectivity index (χ0v) is 14.3. The van der Waals surface area contributed by atoms with Gasteiger partial charge in [-0.3, -0.25) is 4.79 Å². The van der Waals surface area contributed by atoms with Crippen LogP contribution in [0.1, 0.15) is 45.2 Å². The first kappa shape index (κ1) is 15.8. The van der Waals surface area contributed by atoms with Crippen molar-refractivity contribution in [3.05, 3.63) is 33.3 Å². The molecule has 1 saturated heterocycles. The Morgan fingerprint density at radius 2 is 2.05 bits per heavy atom. The molecule has 2 N–H and O–H groups in total. The molecule has 0 spiro atoms. The number of hydrogen-bond acceptors (Lipinski definition) is 2. The lowest BCUT2D eigenvalue weighted by molar-refractivity contribution is -0.144. The summed E-state index contributed by atoms with van der Waals surface area (Å²) in [5.41, 5.74) is 6.94. The highest BCUT2D eigenvalue weighted by molar-refractivity contribution is 9.10. The fourth-order valence-corrected chi connectivity index (χ4v) is 3.43. The summed E-state index contributed by atoms with van der Waals surface area (Å²) in [7, 11) is 0. The number of amides is 1. The third-order valence-corrected chi connectivity index (χ3v) is 4.48. The minimum atomic E-state index is -0.286. The Bertz CT molecular complexity index is 527. The molecule has 1 aliphatic heterocycles. The minimum absolute atomic E-state index is 0.0984. The Morgan fingerprint density at radius 3 is 2.65 bits per heavy atom. The topological polar surface area (TPSA) is 46.3 Å². The molecule has 0 saturated carbocycles. The van der Waals surface area contributed by atoms with Crippen LogP contribution in [0, 0.1) is 0 Å². The molecule has 1 heterocycles. The van der Waals surface area contributed by atoms with Crippen LogP contribution in [0.5, 0.6) is 0 Å². The number of likely N-dealkylation sites (tertiary alicyclic amines) is 1. The number of nitrogens with zero attached hydrogens (tertiary/aromatic N) is 1. The maximum absolute atomic E-state index is 12.4. The van der Waals surface area contributed by atoms with Gasteiger partial charge in [0.2, 0.25) is 5.91 Å². The van der Waals surface area contributed by atoms with Gasteiger partial charge in [-0.25, -0.2) is 0 Å². The van der Waals surface area contributed by atoms with Crippen LogP contribution in [0.3, 0.4) is 0 Å². The van der Waals surface area contributed by atoms with Gasteiger partial charge in [0.15, 0.2) is 0 Å². The van der Waals surface area contributed by atoms with Crippen LogP contribution in [0.4, 0.5) is 0 Å². The molecular formula is C15H20BrClN2O. The summed E-state index contributed by atoms with van der Waals surface area (Å²) in [5, 5.41) is 0.651. The summed E-state index contributed by atoms with van der Waals surface area (Å²) >= 11 is 9.81. The SMILES string of the molecule is CC(C)(C)N1C(=O)CCC(N)C1c1cc(Br)ccc1Cl. The van der Waals surface area contributed by atoms with Gasteiger partial charge in [-0.05, 0) is 51.0 Å². The summed E-state index contributed by atoms with van der Waals surface area (Å²) in [5.74, 6) is 0.139. The van der Waals surface area contributed by atoms with Crippen molar-refractivity contribution in [2.45, 2.75) is 51.2 Å². The fraction of sp³-hybridized carbons (Fsp3) is 0.533. The van der Waals surface area contributed by atoms with E-state index >= 15 is 0 Å². The highest BCUT2D eigenvalue weighted by Crippen LogP contribution is 2.39. The van der Waals surface area contributed by atoms with Crippen LogP contribution in [-0.4, -0.2) is 22.4 Å². The van der Waals surface area contributed by atoms with E-state index in [1.54, 1.807) is 0 Å². The molecule has 0 aliphatic carbocycles. The minimum Gasteiger partial charge on any atom is -0.329 e. The van der Waals surface area contributed by atoms with Gasteiger partial charge in [0.1, 0.15) is 0 Å². The average Bonchev–Trinajstić information content (AvgIpc) is 2.33. The molecule has 1 fully saturated rings. The van der Waals surface area contributed by atoms with Crippen LogP contribution in [0.25, 0.3) is 0 Å². The highest BCUT2D eigenvalue weighted by Gasteiger charge is 2.41. The molecule has 5 heteroatoms. The van der Waals surface area contributed by atoms with E-state index in [9.17, 15) is 4.79 Å². The van der Waals surface area contributed by atoms with Crippen LogP contribution >= 0.6 is 27.5 Å². The highest BCUT2D eigenvalue weighted by atomic mass is 79.9. The van der Waals surface area contributed by atoms with E-state index in [2.05, 4.69) is 15.9 Å². The van der Waals surface area contributed by atoms with Crippen molar-refractivity contribution in [2.24, 2.45) is 5.73 Å². The number of carbonyl (C=O) groups excluding carboxylic acids is 1. The number of benzene rings is 1. The zero-order chi connectivity index (χ0) is 15.1. The van der Waals surface area contributed by atoms with E-state index in [4.69, 9.17) is 17.3 Å². The molecule has 1 amide bonds. The molecule has 110 valence electrons. The van der Waals surface area contributed by atoms with Gasteiger partial charge in [-0.2, -0.15) is 0 Å². The molecule has 1 aromatic carbocycles. The number of hydrogen-bond donors (Lipinski definition) is 1. The van der Waals surface area contributed by atoms with Gasteiger partial charge in [-0.15, -0.1) is 0 Å². The van der Waals surface area contributed by atoms with E-state index in [0.29, 0.717) is 17.9 Å². The molecule has 1 aliphatic rings. The lowest BCUT2D eigenvalue weighted by Crippen LogP contribution is -2.56. The van der Waals surface area contributed by atoms with Crippen molar-refractivity contribution >= 4 is 33.4 Å².